The fourth-order valence-corrected chi connectivity index (χ4v) is 1.76. The zero-order valence-electron chi connectivity index (χ0n) is 10.6. The normalized spacial score (nSPS) is 10.3. The van der Waals surface area contributed by atoms with Crippen molar-refractivity contribution >= 4 is 29.2 Å². The van der Waals surface area contributed by atoms with Gasteiger partial charge in [0.1, 0.15) is 6.54 Å². The van der Waals surface area contributed by atoms with Gasteiger partial charge in [-0.05, 0) is 24.6 Å². The molecule has 0 saturated heterocycles. The maximum Gasteiger partial charge on any atom is 0.338 e. The first-order valence-electron chi connectivity index (χ1n) is 5.77. The molecule has 2 rings (SSSR count). The standard InChI is InChI=1S/C13H12ClN3O3/c1-8-2-3-10(4-11(8)14)16-12(18)7-17-6-9(5-15-17)13(19)20/h2-6H,7H2,1H3,(H,16,18)(H,19,20). The van der Waals surface area contributed by atoms with Gasteiger partial charge in [0.15, 0.2) is 0 Å². The predicted octanol–water partition coefficient (Wildman–Crippen LogP) is 2.18. The summed E-state index contributed by atoms with van der Waals surface area (Å²) < 4.78 is 1.26. The largest absolute Gasteiger partial charge is 0.478 e. The molecule has 0 aliphatic rings. The monoisotopic (exact) mass is 293 g/mol. The molecule has 104 valence electrons. The van der Waals surface area contributed by atoms with E-state index in [1.807, 2.05) is 6.92 Å². The van der Waals surface area contributed by atoms with Crippen LogP contribution in [0.3, 0.4) is 0 Å². The summed E-state index contributed by atoms with van der Waals surface area (Å²) in [6, 6.07) is 5.19. The Bertz CT molecular complexity index is 667. The van der Waals surface area contributed by atoms with E-state index in [0.717, 1.165) is 5.56 Å². The van der Waals surface area contributed by atoms with Crippen LogP contribution in [0.15, 0.2) is 30.6 Å². The number of aryl methyl sites for hydroxylation is 1. The van der Waals surface area contributed by atoms with E-state index < -0.39 is 5.97 Å². The van der Waals surface area contributed by atoms with Crippen LogP contribution in [0.4, 0.5) is 5.69 Å². The maximum atomic E-state index is 11.8. The highest BCUT2D eigenvalue weighted by Gasteiger charge is 2.09. The van der Waals surface area contributed by atoms with Gasteiger partial charge in [-0.25, -0.2) is 4.79 Å². The van der Waals surface area contributed by atoms with Crippen molar-refractivity contribution in [3.63, 3.8) is 0 Å². The molecule has 6 nitrogen and oxygen atoms in total. The minimum Gasteiger partial charge on any atom is -0.478 e. The number of carbonyl (C=O) groups is 2. The minimum absolute atomic E-state index is 0.0381. The molecule has 0 fully saturated rings. The number of halogens is 1. The Morgan fingerprint density at radius 1 is 1.45 bits per heavy atom. The fourth-order valence-electron chi connectivity index (χ4n) is 1.58. The molecule has 20 heavy (non-hydrogen) atoms. The van der Waals surface area contributed by atoms with Gasteiger partial charge in [-0.2, -0.15) is 5.10 Å². The average Bonchev–Trinajstić information content (AvgIpc) is 2.82. The number of hydrogen-bond acceptors (Lipinski definition) is 3. The van der Waals surface area contributed by atoms with Crippen LogP contribution in [0.5, 0.6) is 0 Å². The molecule has 1 aromatic carbocycles. The lowest BCUT2D eigenvalue weighted by Gasteiger charge is -2.06. The fraction of sp³-hybridized carbons (Fsp3) is 0.154. The number of aromatic nitrogens is 2. The molecule has 0 saturated carbocycles. The lowest BCUT2D eigenvalue weighted by atomic mass is 10.2. The first kappa shape index (κ1) is 14.1. The highest BCUT2D eigenvalue weighted by Crippen LogP contribution is 2.19. The van der Waals surface area contributed by atoms with E-state index in [0.29, 0.717) is 10.7 Å². The van der Waals surface area contributed by atoms with E-state index in [-0.39, 0.29) is 18.0 Å². The van der Waals surface area contributed by atoms with E-state index in [2.05, 4.69) is 10.4 Å². The van der Waals surface area contributed by atoms with E-state index in [9.17, 15) is 9.59 Å². The Hall–Kier alpha value is -2.34. The Kier molecular flexibility index (Phi) is 4.05. The second-order valence-corrected chi connectivity index (χ2v) is 4.65. The SMILES string of the molecule is Cc1ccc(NC(=O)Cn2cc(C(=O)O)cn2)cc1Cl. The van der Waals surface area contributed by atoms with Crippen LogP contribution in [0, 0.1) is 6.92 Å². The van der Waals surface area contributed by atoms with Crippen molar-refractivity contribution in [3.8, 4) is 0 Å². The van der Waals surface area contributed by atoms with Gasteiger partial charge >= 0.3 is 5.97 Å². The number of carbonyl (C=O) groups excluding carboxylic acids is 1. The second-order valence-electron chi connectivity index (χ2n) is 4.24. The minimum atomic E-state index is -1.08. The number of anilines is 1. The molecule has 0 aliphatic carbocycles. The molecule has 0 atom stereocenters. The Morgan fingerprint density at radius 3 is 2.80 bits per heavy atom. The third kappa shape index (κ3) is 3.36. The van der Waals surface area contributed by atoms with E-state index in [4.69, 9.17) is 16.7 Å². The van der Waals surface area contributed by atoms with Crippen LogP contribution in [-0.2, 0) is 11.3 Å². The van der Waals surface area contributed by atoms with Crippen molar-refractivity contribution < 1.29 is 14.7 Å². The summed E-state index contributed by atoms with van der Waals surface area (Å²) in [7, 11) is 0. The van der Waals surface area contributed by atoms with E-state index in [1.54, 1.807) is 18.2 Å². The molecule has 1 amide bonds. The van der Waals surface area contributed by atoms with Gasteiger partial charge in [-0.1, -0.05) is 17.7 Å². The molecule has 0 unspecified atom stereocenters. The van der Waals surface area contributed by atoms with Crippen molar-refractivity contribution in [3.05, 3.63) is 46.7 Å². The van der Waals surface area contributed by atoms with Crippen LogP contribution in [-0.4, -0.2) is 26.8 Å². The van der Waals surface area contributed by atoms with Crippen LogP contribution < -0.4 is 5.32 Å². The molecular formula is C13H12ClN3O3. The van der Waals surface area contributed by atoms with Crippen LogP contribution in [0.25, 0.3) is 0 Å². The van der Waals surface area contributed by atoms with E-state index in [1.165, 1.54) is 17.1 Å². The third-order valence-electron chi connectivity index (χ3n) is 2.64. The quantitative estimate of drug-likeness (QED) is 0.905. The van der Waals surface area contributed by atoms with Crippen molar-refractivity contribution in [2.45, 2.75) is 13.5 Å². The smallest absolute Gasteiger partial charge is 0.338 e. The van der Waals surface area contributed by atoms with Gasteiger partial charge in [0.25, 0.3) is 0 Å². The number of nitrogens with one attached hydrogen (secondary N) is 1. The number of aromatic carboxylic acids is 1. The Labute approximate surface area is 120 Å². The van der Waals surface area contributed by atoms with Crippen molar-refractivity contribution in [2.75, 3.05) is 5.32 Å². The number of nitrogens with zero attached hydrogens (tertiary/aromatic N) is 2. The number of amides is 1. The summed E-state index contributed by atoms with van der Waals surface area (Å²) in [5, 5.41) is 15.8. The number of benzene rings is 1. The summed E-state index contributed by atoms with van der Waals surface area (Å²) >= 11 is 5.96. The highest BCUT2D eigenvalue weighted by atomic mass is 35.5. The molecule has 1 aromatic heterocycles. The zero-order valence-corrected chi connectivity index (χ0v) is 11.4. The Balaban J connectivity index is 2.01. The van der Waals surface area contributed by atoms with Crippen molar-refractivity contribution in [1.82, 2.24) is 9.78 Å². The van der Waals surface area contributed by atoms with Gasteiger partial charge in [-0.3, -0.25) is 9.48 Å². The Morgan fingerprint density at radius 2 is 2.20 bits per heavy atom. The topological polar surface area (TPSA) is 84.2 Å². The third-order valence-corrected chi connectivity index (χ3v) is 3.05. The first-order chi connectivity index (χ1) is 9.45. The second kappa shape index (κ2) is 5.75. The average molecular weight is 294 g/mol. The molecule has 0 aliphatic heterocycles. The van der Waals surface area contributed by atoms with Crippen molar-refractivity contribution in [1.29, 1.82) is 0 Å². The molecule has 2 N–H and O–H groups in total. The lowest BCUT2D eigenvalue weighted by Crippen LogP contribution is -2.19. The summed E-state index contributed by atoms with van der Waals surface area (Å²) in [5.41, 5.74) is 1.54. The summed E-state index contributed by atoms with van der Waals surface area (Å²) in [4.78, 5) is 22.5. The van der Waals surface area contributed by atoms with Gasteiger partial charge < -0.3 is 10.4 Å². The molecule has 7 heteroatoms. The summed E-state index contributed by atoms with van der Waals surface area (Å²) in [6.45, 7) is 1.80. The summed E-state index contributed by atoms with van der Waals surface area (Å²) in [6.07, 6.45) is 2.49. The molecular weight excluding hydrogens is 282 g/mol. The maximum absolute atomic E-state index is 11.8. The number of carboxylic acid groups (broad SMARTS) is 1. The van der Waals surface area contributed by atoms with Gasteiger partial charge in [0.05, 0.1) is 11.8 Å². The highest BCUT2D eigenvalue weighted by molar-refractivity contribution is 6.31. The molecule has 0 spiro atoms. The molecule has 0 radical (unpaired) electrons. The molecule has 0 bridgehead atoms. The molecule has 1 heterocycles. The molecule has 2 aromatic rings. The van der Waals surface area contributed by atoms with Crippen LogP contribution >= 0.6 is 11.6 Å². The van der Waals surface area contributed by atoms with Crippen LogP contribution in [0.2, 0.25) is 5.02 Å². The first-order valence-corrected chi connectivity index (χ1v) is 6.15. The predicted molar refractivity (Wildman–Crippen MR) is 74.0 cm³/mol. The van der Waals surface area contributed by atoms with E-state index >= 15 is 0 Å². The number of hydrogen-bond donors (Lipinski definition) is 2. The van der Waals surface area contributed by atoms with Gasteiger partial charge in [0.2, 0.25) is 5.91 Å². The number of rotatable bonds is 4. The summed E-state index contributed by atoms with van der Waals surface area (Å²) in [5.74, 6) is -1.40. The lowest BCUT2D eigenvalue weighted by molar-refractivity contribution is -0.116. The van der Waals surface area contributed by atoms with Gasteiger partial charge in [-0.15, -0.1) is 0 Å². The van der Waals surface area contributed by atoms with Crippen LogP contribution in [0.1, 0.15) is 15.9 Å². The van der Waals surface area contributed by atoms with Crippen molar-refractivity contribution in [2.24, 2.45) is 0 Å². The van der Waals surface area contributed by atoms with Gasteiger partial charge in [0, 0.05) is 16.9 Å². The number of carboxylic acids is 1. The zero-order chi connectivity index (χ0) is 14.7.